The van der Waals surface area contributed by atoms with Gasteiger partial charge in [-0.2, -0.15) is 0 Å². The van der Waals surface area contributed by atoms with Crippen molar-refractivity contribution in [2.24, 2.45) is 5.92 Å². The zero-order chi connectivity index (χ0) is 36.1. The molecular weight excluding hydrogens is 650 g/mol. The second-order valence-corrected chi connectivity index (χ2v) is 13.6. The summed E-state index contributed by atoms with van der Waals surface area (Å²) >= 11 is 0. The first-order chi connectivity index (χ1) is 24.6. The number of nitrogens with one attached hydrogen (secondary N) is 4. The maximum atomic E-state index is 13.2. The van der Waals surface area contributed by atoms with Crippen LogP contribution in [-0.4, -0.2) is 79.6 Å². The summed E-state index contributed by atoms with van der Waals surface area (Å²) in [5.74, 6) is -1.32. The van der Waals surface area contributed by atoms with Crippen molar-refractivity contribution in [1.82, 2.24) is 20.9 Å². The van der Waals surface area contributed by atoms with Crippen molar-refractivity contribution < 1.29 is 33.4 Å². The van der Waals surface area contributed by atoms with E-state index in [9.17, 15) is 19.2 Å². The van der Waals surface area contributed by atoms with Crippen LogP contribution in [0.3, 0.4) is 0 Å². The smallest absolute Gasteiger partial charge is 0.412 e. The Hall–Kier alpha value is -5.20. The van der Waals surface area contributed by atoms with E-state index in [4.69, 9.17) is 14.2 Å². The lowest BCUT2D eigenvalue weighted by Gasteiger charge is -2.27. The fraction of sp³-hybridized carbons (Fsp3) is 0.385. The molecule has 12 nitrogen and oxygen atoms in total. The van der Waals surface area contributed by atoms with Crippen LogP contribution >= 0.6 is 0 Å². The van der Waals surface area contributed by atoms with Gasteiger partial charge in [-0.3, -0.25) is 14.5 Å². The first kappa shape index (κ1) is 35.6. The molecule has 2 fully saturated rings. The van der Waals surface area contributed by atoms with Gasteiger partial charge in [-0.25, -0.2) is 9.59 Å². The molecule has 1 aliphatic carbocycles. The molecule has 2 heterocycles. The van der Waals surface area contributed by atoms with Crippen molar-refractivity contribution in [2.45, 2.75) is 64.1 Å². The number of benzene rings is 3. The molecule has 12 heteroatoms. The number of amides is 4. The molecule has 0 aromatic heterocycles. The van der Waals surface area contributed by atoms with Crippen LogP contribution in [0.25, 0.3) is 11.1 Å². The Labute approximate surface area is 297 Å². The molecule has 6 rings (SSSR count). The van der Waals surface area contributed by atoms with Crippen molar-refractivity contribution >= 4 is 29.7 Å². The van der Waals surface area contributed by atoms with Gasteiger partial charge in [0.05, 0.1) is 19.2 Å². The SMILES string of the molecule is C=C1CN[C@H](C2OCCN2C(=O)OCc2ccc(NC(=O)[C@H](C)NC(=O)[C@@H](NC(=O)OCC3c4ccccc4-c4ccccc43)C(C)C)cc2)C1. The number of ether oxygens (including phenoxy) is 3. The number of carbonyl (C=O) groups is 4. The van der Waals surface area contributed by atoms with Crippen LogP contribution in [0.1, 0.15) is 49.8 Å². The molecule has 4 N–H and O–H groups in total. The molecule has 3 aliphatic rings. The average molecular weight is 696 g/mol. The van der Waals surface area contributed by atoms with Crippen molar-refractivity contribution in [3.05, 3.63) is 102 Å². The number of anilines is 1. The van der Waals surface area contributed by atoms with E-state index in [1.165, 1.54) is 0 Å². The highest BCUT2D eigenvalue weighted by atomic mass is 16.6. The summed E-state index contributed by atoms with van der Waals surface area (Å²) in [4.78, 5) is 53.6. The molecule has 2 saturated heterocycles. The van der Waals surface area contributed by atoms with Gasteiger partial charge in [0.1, 0.15) is 25.3 Å². The molecule has 268 valence electrons. The van der Waals surface area contributed by atoms with Crippen LogP contribution in [0.2, 0.25) is 0 Å². The Balaban J connectivity index is 0.955. The second-order valence-electron chi connectivity index (χ2n) is 13.6. The Morgan fingerprint density at radius 2 is 1.57 bits per heavy atom. The first-order valence-corrected chi connectivity index (χ1v) is 17.4. The van der Waals surface area contributed by atoms with Gasteiger partial charge < -0.3 is 35.5 Å². The number of hydrogen-bond acceptors (Lipinski definition) is 8. The highest BCUT2D eigenvalue weighted by molar-refractivity contribution is 5.98. The largest absolute Gasteiger partial charge is 0.449 e. The lowest BCUT2D eigenvalue weighted by atomic mass is 9.98. The van der Waals surface area contributed by atoms with Gasteiger partial charge >= 0.3 is 12.2 Å². The molecule has 0 bridgehead atoms. The third-order valence-electron chi connectivity index (χ3n) is 9.53. The van der Waals surface area contributed by atoms with E-state index in [1.807, 2.05) is 36.4 Å². The molecule has 2 aliphatic heterocycles. The van der Waals surface area contributed by atoms with Crippen LogP contribution in [0.15, 0.2) is 84.9 Å². The predicted octanol–water partition coefficient (Wildman–Crippen LogP) is 4.91. The van der Waals surface area contributed by atoms with Crippen LogP contribution < -0.4 is 21.3 Å². The number of hydrogen-bond donors (Lipinski definition) is 4. The fourth-order valence-corrected chi connectivity index (χ4v) is 6.78. The normalized spacial score (nSPS) is 19.2. The molecular formula is C39H45N5O7. The van der Waals surface area contributed by atoms with Gasteiger partial charge in [0, 0.05) is 18.2 Å². The topological polar surface area (TPSA) is 147 Å². The summed E-state index contributed by atoms with van der Waals surface area (Å²) < 4.78 is 17.0. The Morgan fingerprint density at radius 3 is 2.20 bits per heavy atom. The maximum absolute atomic E-state index is 13.2. The molecule has 3 aromatic carbocycles. The van der Waals surface area contributed by atoms with Crippen molar-refractivity contribution in [2.75, 3.05) is 31.6 Å². The molecule has 4 atom stereocenters. The van der Waals surface area contributed by atoms with Crippen molar-refractivity contribution in [3.63, 3.8) is 0 Å². The minimum Gasteiger partial charge on any atom is -0.449 e. The molecule has 0 spiro atoms. The summed E-state index contributed by atoms with van der Waals surface area (Å²) in [7, 11) is 0. The quantitative estimate of drug-likeness (QED) is 0.207. The number of rotatable bonds is 11. The molecule has 3 aromatic rings. The fourth-order valence-electron chi connectivity index (χ4n) is 6.78. The molecule has 0 saturated carbocycles. The number of nitrogens with zero attached hydrogens (tertiary/aromatic N) is 1. The zero-order valence-electron chi connectivity index (χ0n) is 29.1. The van der Waals surface area contributed by atoms with E-state index < -0.39 is 42.3 Å². The van der Waals surface area contributed by atoms with Gasteiger partial charge in [-0.1, -0.05) is 86.7 Å². The lowest BCUT2D eigenvalue weighted by molar-refractivity contribution is -0.128. The van der Waals surface area contributed by atoms with Crippen LogP contribution in [0.5, 0.6) is 0 Å². The van der Waals surface area contributed by atoms with Crippen LogP contribution in [0, 0.1) is 5.92 Å². The van der Waals surface area contributed by atoms with Gasteiger partial charge in [0.15, 0.2) is 6.23 Å². The third kappa shape index (κ3) is 8.24. The monoisotopic (exact) mass is 695 g/mol. The van der Waals surface area contributed by atoms with Gasteiger partial charge in [0.25, 0.3) is 0 Å². The van der Waals surface area contributed by atoms with Crippen LogP contribution in [-0.2, 0) is 30.4 Å². The average Bonchev–Trinajstić information content (AvgIpc) is 3.86. The lowest BCUT2D eigenvalue weighted by Crippen LogP contribution is -2.53. The number of fused-ring (bicyclic) bond motifs is 3. The maximum Gasteiger partial charge on any atom is 0.412 e. The van der Waals surface area contributed by atoms with Crippen LogP contribution in [0.4, 0.5) is 15.3 Å². The summed E-state index contributed by atoms with van der Waals surface area (Å²) in [6.07, 6.45) is -0.803. The molecule has 4 amide bonds. The highest BCUT2D eigenvalue weighted by Gasteiger charge is 2.39. The van der Waals surface area contributed by atoms with Gasteiger partial charge in [0.2, 0.25) is 11.8 Å². The zero-order valence-corrected chi connectivity index (χ0v) is 29.1. The van der Waals surface area contributed by atoms with E-state index in [2.05, 4.69) is 40.0 Å². The Bertz CT molecular complexity index is 1730. The minimum absolute atomic E-state index is 0.00327. The molecule has 0 radical (unpaired) electrons. The number of carbonyl (C=O) groups excluding carboxylic acids is 4. The standard InChI is InChI=1S/C39H45N5O7/c1-23(2)34(43-38(47)50-22-32-30-11-7-5-9-28(30)29-10-6-8-12-31(29)32)36(46)41-25(4)35(45)42-27-15-13-26(14-16-27)21-51-39(48)44-17-18-49-37(44)33-19-24(3)20-40-33/h5-16,23,25,32-34,37,40H,3,17-22H2,1-2,4H3,(H,41,46)(H,42,45)(H,43,47)/t25-,33-,34-,37?/m0/s1. The summed E-state index contributed by atoms with van der Waals surface area (Å²) in [6, 6.07) is 21.2. The number of alkyl carbamates (subject to hydrolysis) is 1. The van der Waals surface area contributed by atoms with Gasteiger partial charge in [-0.05, 0) is 59.2 Å². The highest BCUT2D eigenvalue weighted by Crippen LogP contribution is 2.44. The summed E-state index contributed by atoms with van der Waals surface area (Å²) in [5, 5.41) is 11.5. The second kappa shape index (κ2) is 15.8. The predicted molar refractivity (Wildman–Crippen MR) is 192 cm³/mol. The summed E-state index contributed by atoms with van der Waals surface area (Å²) in [5.41, 5.74) is 6.76. The van der Waals surface area contributed by atoms with Gasteiger partial charge in [-0.15, -0.1) is 0 Å². The van der Waals surface area contributed by atoms with E-state index in [0.29, 0.717) is 25.4 Å². The van der Waals surface area contributed by atoms with E-state index >= 15 is 0 Å². The molecule has 1 unspecified atom stereocenters. The third-order valence-corrected chi connectivity index (χ3v) is 9.53. The minimum atomic E-state index is -0.922. The van der Waals surface area contributed by atoms with E-state index in [1.54, 1.807) is 49.9 Å². The summed E-state index contributed by atoms with van der Waals surface area (Å²) in [6.45, 7) is 11.0. The van der Waals surface area contributed by atoms with E-state index in [-0.39, 0.29) is 31.1 Å². The van der Waals surface area contributed by atoms with Crippen molar-refractivity contribution in [3.8, 4) is 11.1 Å². The Morgan fingerprint density at radius 1 is 0.902 bits per heavy atom. The van der Waals surface area contributed by atoms with Crippen molar-refractivity contribution in [1.29, 1.82) is 0 Å². The first-order valence-electron chi connectivity index (χ1n) is 17.4. The Kier molecular flexibility index (Phi) is 11.0. The van der Waals surface area contributed by atoms with E-state index in [0.717, 1.165) is 39.8 Å². The molecule has 51 heavy (non-hydrogen) atoms.